The average molecular weight is 217 g/mol. The van der Waals surface area contributed by atoms with E-state index in [4.69, 9.17) is 5.73 Å². The molecule has 0 aliphatic carbocycles. The number of amides is 1. The predicted octanol–water partition coefficient (Wildman–Crippen LogP) is -0.289. The lowest BCUT2D eigenvalue weighted by Crippen LogP contribution is -2.30. The Balaban J connectivity index is 3.07. The fraction of sp³-hybridized carbons (Fsp3) is 0.0909. The van der Waals surface area contributed by atoms with Crippen molar-refractivity contribution in [1.82, 2.24) is 4.57 Å². The van der Waals surface area contributed by atoms with Gasteiger partial charge in [0.05, 0.1) is 11.1 Å². The Morgan fingerprint density at radius 2 is 2.00 bits per heavy atom. The number of hydrogen-bond acceptors (Lipinski definition) is 3. The van der Waals surface area contributed by atoms with Gasteiger partial charge in [0, 0.05) is 7.05 Å². The molecule has 0 saturated heterocycles. The van der Waals surface area contributed by atoms with Crippen molar-refractivity contribution < 1.29 is 9.90 Å². The second kappa shape index (κ2) is 3.37. The van der Waals surface area contributed by atoms with Gasteiger partial charge in [-0.25, -0.2) is 0 Å². The number of pyridine rings is 1. The molecule has 5 nitrogen and oxygen atoms in total. The number of carbonyl (C=O) groups is 1. The minimum atomic E-state index is -0.989. The molecule has 0 unspecified atom stereocenters. The van der Waals surface area contributed by atoms with Crippen LogP contribution in [0.2, 0.25) is 0 Å². The summed E-state index contributed by atoms with van der Waals surface area (Å²) in [6.45, 7) is 0. The summed E-state index contributed by atoms with van der Waals surface area (Å²) in [7, 11) is 1.50. The van der Waals surface area contributed by atoms with Crippen LogP contribution in [-0.4, -0.2) is 10.5 Å². The largest absolute Gasteiger partial charge is 0.871 e. The van der Waals surface area contributed by atoms with E-state index in [9.17, 15) is 14.7 Å². The van der Waals surface area contributed by atoms with E-state index in [0.29, 0.717) is 10.9 Å². The molecule has 0 bridgehead atoms. The maximum Gasteiger partial charge on any atom is 0.262 e. The van der Waals surface area contributed by atoms with Gasteiger partial charge in [0.25, 0.3) is 11.5 Å². The molecule has 1 aromatic heterocycles. The molecule has 1 aromatic carbocycles. The van der Waals surface area contributed by atoms with Gasteiger partial charge in [-0.05, 0) is 11.5 Å². The van der Waals surface area contributed by atoms with E-state index in [1.54, 1.807) is 24.3 Å². The molecule has 0 fully saturated rings. The van der Waals surface area contributed by atoms with Gasteiger partial charge in [-0.1, -0.05) is 23.9 Å². The van der Waals surface area contributed by atoms with Crippen LogP contribution in [0, 0.1) is 0 Å². The van der Waals surface area contributed by atoms with Crippen molar-refractivity contribution in [2.45, 2.75) is 0 Å². The molecule has 2 aromatic rings. The van der Waals surface area contributed by atoms with E-state index < -0.39 is 22.8 Å². The molecule has 2 N–H and O–H groups in total. The molecule has 0 spiro atoms. The van der Waals surface area contributed by atoms with Crippen molar-refractivity contribution in [3.05, 3.63) is 40.2 Å². The maximum atomic E-state index is 11.8. The summed E-state index contributed by atoms with van der Waals surface area (Å²) >= 11 is 0. The smallest absolute Gasteiger partial charge is 0.262 e. The van der Waals surface area contributed by atoms with E-state index in [1.807, 2.05) is 0 Å². The first-order valence-electron chi connectivity index (χ1n) is 4.62. The Kier molecular flexibility index (Phi) is 2.16. The summed E-state index contributed by atoms with van der Waals surface area (Å²) in [5, 5.41) is 12.1. The van der Waals surface area contributed by atoms with Gasteiger partial charge in [0.2, 0.25) is 0 Å². The number of aromatic nitrogens is 1. The second-order valence-electron chi connectivity index (χ2n) is 3.45. The molecule has 2 rings (SSSR count). The number of rotatable bonds is 1. The van der Waals surface area contributed by atoms with Crippen LogP contribution in [0.4, 0.5) is 0 Å². The number of aryl methyl sites for hydroxylation is 1. The van der Waals surface area contributed by atoms with Gasteiger partial charge >= 0.3 is 0 Å². The van der Waals surface area contributed by atoms with Crippen LogP contribution in [-0.2, 0) is 7.05 Å². The quantitative estimate of drug-likeness (QED) is 0.711. The van der Waals surface area contributed by atoms with Crippen molar-refractivity contribution in [2.75, 3.05) is 0 Å². The lowest BCUT2D eigenvalue weighted by Gasteiger charge is -2.16. The number of nitrogens with two attached hydrogens (primary N) is 1. The molecular formula is C11H9N2O3-. The lowest BCUT2D eigenvalue weighted by molar-refractivity contribution is -0.266. The van der Waals surface area contributed by atoms with Crippen molar-refractivity contribution >= 4 is 16.8 Å². The van der Waals surface area contributed by atoms with Gasteiger partial charge in [-0.15, -0.1) is 0 Å². The van der Waals surface area contributed by atoms with Crippen molar-refractivity contribution in [2.24, 2.45) is 12.8 Å². The topological polar surface area (TPSA) is 88.2 Å². The van der Waals surface area contributed by atoms with E-state index in [-0.39, 0.29) is 0 Å². The molecule has 0 atom stereocenters. The third-order valence-electron chi connectivity index (χ3n) is 2.50. The van der Waals surface area contributed by atoms with E-state index in [1.165, 1.54) is 11.6 Å². The molecule has 1 amide bonds. The normalized spacial score (nSPS) is 10.6. The highest BCUT2D eigenvalue weighted by Gasteiger charge is 2.12. The zero-order chi connectivity index (χ0) is 11.9. The molecule has 0 saturated carbocycles. The number of primary amides is 1. The van der Waals surface area contributed by atoms with Gasteiger partial charge in [-0.3, -0.25) is 9.59 Å². The van der Waals surface area contributed by atoms with Gasteiger partial charge in [0.1, 0.15) is 0 Å². The number of hydrogen-bond donors (Lipinski definition) is 1. The third kappa shape index (κ3) is 1.25. The number of para-hydroxylation sites is 1. The van der Waals surface area contributed by atoms with Crippen LogP contribution in [0.1, 0.15) is 10.4 Å². The Hall–Kier alpha value is -2.30. The molecule has 82 valence electrons. The van der Waals surface area contributed by atoms with Crippen molar-refractivity contribution in [3.8, 4) is 5.75 Å². The van der Waals surface area contributed by atoms with E-state index >= 15 is 0 Å². The monoisotopic (exact) mass is 217 g/mol. The average Bonchev–Trinajstić information content (AvgIpc) is 2.26. The Morgan fingerprint density at radius 1 is 1.38 bits per heavy atom. The van der Waals surface area contributed by atoms with Gasteiger partial charge in [-0.2, -0.15) is 0 Å². The first kappa shape index (κ1) is 10.2. The van der Waals surface area contributed by atoms with Crippen LogP contribution in [0.3, 0.4) is 0 Å². The summed E-state index contributed by atoms with van der Waals surface area (Å²) in [6, 6.07) is 6.58. The zero-order valence-corrected chi connectivity index (χ0v) is 8.56. The van der Waals surface area contributed by atoms with Gasteiger partial charge < -0.3 is 15.4 Å². The highest BCUT2D eigenvalue weighted by atomic mass is 16.3. The second-order valence-corrected chi connectivity index (χ2v) is 3.45. The molecule has 5 heteroatoms. The summed E-state index contributed by atoms with van der Waals surface area (Å²) in [4.78, 5) is 22.8. The number of carbonyl (C=O) groups excluding carboxylic acids is 1. The minimum absolute atomic E-state index is 0.318. The Bertz CT molecular complexity index is 643. The van der Waals surface area contributed by atoms with Gasteiger partial charge in [0.15, 0.2) is 0 Å². The minimum Gasteiger partial charge on any atom is -0.871 e. The fourth-order valence-corrected chi connectivity index (χ4v) is 1.68. The summed E-state index contributed by atoms with van der Waals surface area (Å²) in [6.07, 6.45) is 0. The van der Waals surface area contributed by atoms with Crippen molar-refractivity contribution in [3.63, 3.8) is 0 Å². The Morgan fingerprint density at radius 3 is 2.62 bits per heavy atom. The van der Waals surface area contributed by atoms with E-state index in [2.05, 4.69) is 0 Å². The maximum absolute atomic E-state index is 11.8. The standard InChI is InChI=1S/C11H10N2O3/c1-13-7-5-3-2-4-6(7)9(14)8(10(12)15)11(13)16/h2-5,14H,1H3,(H2,12,15)/p-1. The first-order valence-corrected chi connectivity index (χ1v) is 4.62. The molecule has 0 aliphatic rings. The highest BCUT2D eigenvalue weighted by molar-refractivity contribution is 6.01. The van der Waals surface area contributed by atoms with Crippen LogP contribution in [0.5, 0.6) is 5.75 Å². The number of benzene rings is 1. The van der Waals surface area contributed by atoms with Crippen LogP contribution in [0.15, 0.2) is 29.1 Å². The summed E-state index contributed by atoms with van der Waals surface area (Å²) in [5.41, 5.74) is 4.37. The molecular weight excluding hydrogens is 208 g/mol. The van der Waals surface area contributed by atoms with Crippen molar-refractivity contribution in [1.29, 1.82) is 0 Å². The fourth-order valence-electron chi connectivity index (χ4n) is 1.68. The molecule has 1 heterocycles. The zero-order valence-electron chi connectivity index (χ0n) is 8.56. The predicted molar refractivity (Wildman–Crippen MR) is 57.2 cm³/mol. The lowest BCUT2D eigenvalue weighted by atomic mass is 10.1. The van der Waals surface area contributed by atoms with Crippen LogP contribution >= 0.6 is 0 Å². The number of fused-ring (bicyclic) bond motifs is 1. The molecule has 16 heavy (non-hydrogen) atoms. The SMILES string of the molecule is Cn1c(=O)c(C(N)=O)c([O-])c2ccccc21. The molecule has 0 radical (unpaired) electrons. The Labute approximate surface area is 90.7 Å². The van der Waals surface area contributed by atoms with Crippen LogP contribution < -0.4 is 16.4 Å². The van der Waals surface area contributed by atoms with Crippen LogP contribution in [0.25, 0.3) is 10.9 Å². The highest BCUT2D eigenvalue weighted by Crippen LogP contribution is 2.22. The summed E-state index contributed by atoms with van der Waals surface area (Å²) in [5.74, 6) is -1.59. The third-order valence-corrected chi connectivity index (χ3v) is 2.50. The van der Waals surface area contributed by atoms with E-state index in [0.717, 1.165) is 0 Å². The number of nitrogens with zero attached hydrogens (tertiary/aromatic N) is 1. The molecule has 0 aliphatic heterocycles. The first-order chi connectivity index (χ1) is 7.54. The summed E-state index contributed by atoms with van der Waals surface area (Å²) < 4.78 is 1.25.